The fraction of sp³-hybridized carbons (Fsp3) is 0.435. The van der Waals surface area contributed by atoms with Crippen LogP contribution in [-0.4, -0.2) is 33.6 Å². The summed E-state index contributed by atoms with van der Waals surface area (Å²) in [6, 6.07) is 15.0. The second kappa shape index (κ2) is 9.18. The van der Waals surface area contributed by atoms with E-state index in [0.717, 1.165) is 29.7 Å². The van der Waals surface area contributed by atoms with E-state index in [0.29, 0.717) is 25.9 Å². The molecule has 1 aliphatic carbocycles. The van der Waals surface area contributed by atoms with E-state index in [1.807, 2.05) is 30.3 Å². The molecule has 2 aliphatic rings. The van der Waals surface area contributed by atoms with Crippen LogP contribution in [-0.2, 0) is 22.9 Å². The molecule has 1 fully saturated rings. The summed E-state index contributed by atoms with van der Waals surface area (Å²) in [4.78, 5) is 14.7. The lowest BCUT2D eigenvalue weighted by Crippen LogP contribution is -2.45. The maximum Gasteiger partial charge on any atom is 0.322 e. The van der Waals surface area contributed by atoms with Crippen LogP contribution < -0.4 is 14.9 Å². The van der Waals surface area contributed by atoms with E-state index in [-0.39, 0.29) is 17.0 Å². The summed E-state index contributed by atoms with van der Waals surface area (Å²) in [5.74, 6) is 0. The molecule has 0 spiro atoms. The number of amides is 2. The predicted octanol–water partition coefficient (Wildman–Crippen LogP) is 3.61. The van der Waals surface area contributed by atoms with Gasteiger partial charge in [0, 0.05) is 24.8 Å². The second-order valence-corrected chi connectivity index (χ2v) is 9.88. The summed E-state index contributed by atoms with van der Waals surface area (Å²) < 4.78 is 28.1. The third-order valence-corrected chi connectivity index (χ3v) is 7.44. The van der Waals surface area contributed by atoms with Gasteiger partial charge in [-0.25, -0.2) is 17.9 Å². The van der Waals surface area contributed by atoms with Crippen LogP contribution in [0.2, 0.25) is 0 Å². The molecule has 0 saturated heterocycles. The van der Waals surface area contributed by atoms with E-state index in [1.165, 1.54) is 19.3 Å². The Morgan fingerprint density at radius 2 is 1.80 bits per heavy atom. The molecule has 2 aromatic carbocycles. The van der Waals surface area contributed by atoms with Crippen LogP contribution in [0, 0.1) is 0 Å². The number of hydrogen-bond donors (Lipinski definition) is 2. The number of hydrogen-bond acceptors (Lipinski definition) is 3. The molecule has 0 aromatic heterocycles. The van der Waals surface area contributed by atoms with E-state index in [9.17, 15) is 13.2 Å². The number of urea groups is 1. The maximum absolute atomic E-state index is 12.7. The summed E-state index contributed by atoms with van der Waals surface area (Å²) in [5, 5.41) is 3.15. The Kier molecular flexibility index (Phi) is 6.39. The first-order chi connectivity index (χ1) is 14.5. The molecular weight excluding hydrogens is 398 g/mol. The molecule has 0 bridgehead atoms. The van der Waals surface area contributed by atoms with E-state index >= 15 is 0 Å². The van der Waals surface area contributed by atoms with E-state index < -0.39 is 10.0 Å². The van der Waals surface area contributed by atoms with Gasteiger partial charge in [0.05, 0.1) is 4.90 Å². The van der Waals surface area contributed by atoms with Crippen LogP contribution >= 0.6 is 0 Å². The van der Waals surface area contributed by atoms with Crippen LogP contribution in [0.1, 0.15) is 43.2 Å². The Bertz CT molecular complexity index is 986. The number of anilines is 1. The van der Waals surface area contributed by atoms with Crippen molar-refractivity contribution >= 4 is 21.7 Å². The Morgan fingerprint density at radius 1 is 1.03 bits per heavy atom. The fourth-order valence-corrected chi connectivity index (χ4v) is 5.40. The zero-order valence-corrected chi connectivity index (χ0v) is 18.0. The minimum absolute atomic E-state index is 0.0720. The highest BCUT2D eigenvalue weighted by Gasteiger charge is 2.28. The molecule has 1 heterocycles. The molecule has 1 aliphatic heterocycles. The lowest BCUT2D eigenvalue weighted by molar-refractivity contribution is 0.238. The molecular formula is C23H29N3O3S. The van der Waals surface area contributed by atoms with Crippen molar-refractivity contribution in [2.45, 2.75) is 55.9 Å². The second-order valence-electron chi connectivity index (χ2n) is 8.11. The van der Waals surface area contributed by atoms with Crippen molar-refractivity contribution in [2.24, 2.45) is 0 Å². The van der Waals surface area contributed by atoms with Crippen molar-refractivity contribution in [3.05, 3.63) is 59.7 Å². The van der Waals surface area contributed by atoms with Gasteiger partial charge in [0.15, 0.2) is 0 Å². The zero-order valence-electron chi connectivity index (χ0n) is 17.1. The molecule has 160 valence electrons. The highest BCUT2D eigenvalue weighted by molar-refractivity contribution is 7.89. The van der Waals surface area contributed by atoms with Crippen molar-refractivity contribution in [1.29, 1.82) is 0 Å². The Balaban J connectivity index is 1.39. The number of benzene rings is 2. The monoisotopic (exact) mass is 427 g/mol. The zero-order chi connectivity index (χ0) is 21.0. The molecule has 0 atom stereocenters. The third-order valence-electron chi connectivity index (χ3n) is 5.98. The smallest absolute Gasteiger partial charge is 0.322 e. The standard InChI is InChI=1S/C23H29N3O3S/c27-23(25-20-9-5-2-6-10-20)26-16-14-19-17-21(11-12-22(19)26)30(28,29)24-15-13-18-7-3-1-4-8-18/h1,3-4,7-8,11-12,17,20,24H,2,5-6,9-10,13-16H2,(H,25,27). The normalized spacial score (nSPS) is 17.0. The van der Waals surface area contributed by atoms with Crippen molar-refractivity contribution in [3.8, 4) is 0 Å². The highest BCUT2D eigenvalue weighted by atomic mass is 32.2. The quantitative estimate of drug-likeness (QED) is 0.739. The Hall–Kier alpha value is -2.38. The molecule has 0 radical (unpaired) electrons. The summed E-state index contributed by atoms with van der Waals surface area (Å²) in [5.41, 5.74) is 2.81. The first-order valence-electron chi connectivity index (χ1n) is 10.8. The van der Waals surface area contributed by atoms with Crippen molar-refractivity contribution in [2.75, 3.05) is 18.0 Å². The average molecular weight is 428 g/mol. The highest BCUT2D eigenvalue weighted by Crippen LogP contribution is 2.30. The Labute approximate surface area is 178 Å². The number of carbonyl (C=O) groups is 1. The molecule has 2 N–H and O–H groups in total. The van der Waals surface area contributed by atoms with Gasteiger partial charge in [-0.15, -0.1) is 0 Å². The van der Waals surface area contributed by atoms with Gasteiger partial charge in [-0.05, 0) is 55.0 Å². The van der Waals surface area contributed by atoms with Crippen LogP contribution in [0.15, 0.2) is 53.4 Å². The summed E-state index contributed by atoms with van der Waals surface area (Å²) >= 11 is 0. The van der Waals surface area contributed by atoms with Gasteiger partial charge in [-0.1, -0.05) is 49.6 Å². The predicted molar refractivity (Wildman–Crippen MR) is 118 cm³/mol. The SMILES string of the molecule is O=C(NC1CCCCC1)N1CCc2cc(S(=O)(=O)NCCc3ccccc3)ccc21. The lowest BCUT2D eigenvalue weighted by Gasteiger charge is -2.26. The minimum Gasteiger partial charge on any atom is -0.335 e. The number of sulfonamides is 1. The van der Waals surface area contributed by atoms with Gasteiger partial charge in [0.1, 0.15) is 0 Å². The minimum atomic E-state index is -3.58. The van der Waals surface area contributed by atoms with Crippen molar-refractivity contribution in [3.63, 3.8) is 0 Å². The van der Waals surface area contributed by atoms with Gasteiger partial charge in [0.25, 0.3) is 0 Å². The first-order valence-corrected chi connectivity index (χ1v) is 12.3. The van der Waals surface area contributed by atoms with Crippen LogP contribution in [0.25, 0.3) is 0 Å². The molecule has 4 rings (SSSR count). The van der Waals surface area contributed by atoms with E-state index in [1.54, 1.807) is 23.1 Å². The fourth-order valence-electron chi connectivity index (χ4n) is 4.31. The lowest BCUT2D eigenvalue weighted by atomic mass is 9.96. The molecule has 2 aromatic rings. The van der Waals surface area contributed by atoms with Gasteiger partial charge in [0.2, 0.25) is 10.0 Å². The van der Waals surface area contributed by atoms with E-state index in [2.05, 4.69) is 10.0 Å². The largest absolute Gasteiger partial charge is 0.335 e. The van der Waals surface area contributed by atoms with Crippen LogP contribution in [0.5, 0.6) is 0 Å². The Morgan fingerprint density at radius 3 is 2.57 bits per heavy atom. The van der Waals surface area contributed by atoms with Crippen molar-refractivity contribution in [1.82, 2.24) is 10.0 Å². The first kappa shape index (κ1) is 20.9. The van der Waals surface area contributed by atoms with Gasteiger partial charge in [-0.2, -0.15) is 0 Å². The molecule has 1 saturated carbocycles. The average Bonchev–Trinajstić information content (AvgIpc) is 3.19. The van der Waals surface area contributed by atoms with Gasteiger partial charge >= 0.3 is 6.03 Å². The molecule has 7 heteroatoms. The molecule has 30 heavy (non-hydrogen) atoms. The number of nitrogens with zero attached hydrogens (tertiary/aromatic N) is 1. The number of carbonyl (C=O) groups excluding carboxylic acids is 1. The molecule has 0 unspecified atom stereocenters. The summed E-state index contributed by atoms with van der Waals surface area (Å²) in [6.07, 6.45) is 6.97. The summed E-state index contributed by atoms with van der Waals surface area (Å²) in [6.45, 7) is 0.929. The van der Waals surface area contributed by atoms with Crippen molar-refractivity contribution < 1.29 is 13.2 Å². The summed E-state index contributed by atoms with van der Waals surface area (Å²) in [7, 11) is -3.58. The van der Waals surface area contributed by atoms with Crippen LogP contribution in [0.3, 0.4) is 0 Å². The maximum atomic E-state index is 12.7. The number of fused-ring (bicyclic) bond motifs is 1. The van der Waals surface area contributed by atoms with Gasteiger partial charge < -0.3 is 5.32 Å². The third kappa shape index (κ3) is 4.84. The van der Waals surface area contributed by atoms with Crippen LogP contribution in [0.4, 0.5) is 10.5 Å². The van der Waals surface area contributed by atoms with Gasteiger partial charge in [-0.3, -0.25) is 4.90 Å². The topological polar surface area (TPSA) is 78.5 Å². The molecule has 6 nitrogen and oxygen atoms in total. The van der Waals surface area contributed by atoms with E-state index in [4.69, 9.17) is 0 Å². The number of nitrogens with one attached hydrogen (secondary N) is 2. The number of rotatable bonds is 6. The molecule has 2 amide bonds.